The number of nitrogens with zero attached hydrogens (tertiary/aromatic N) is 1. The van der Waals surface area contributed by atoms with E-state index in [1.807, 2.05) is 12.1 Å². The minimum absolute atomic E-state index is 0.289. The summed E-state index contributed by atoms with van der Waals surface area (Å²) in [6.07, 6.45) is 8.88. The highest BCUT2D eigenvalue weighted by molar-refractivity contribution is 5.66. The Hall–Kier alpha value is -1.84. The average Bonchev–Trinajstić information content (AvgIpc) is 2.42. The predicted molar refractivity (Wildman–Crippen MR) is 76.6 cm³/mol. The number of rotatable bonds is 10. The van der Waals surface area contributed by atoms with E-state index in [-0.39, 0.29) is 6.42 Å². The van der Waals surface area contributed by atoms with Gasteiger partial charge in [-0.1, -0.05) is 25.8 Å². The fourth-order valence-electron chi connectivity index (χ4n) is 1.83. The molecule has 1 heterocycles. The number of hydrogen-bond acceptors (Lipinski definition) is 3. The van der Waals surface area contributed by atoms with Crippen LogP contribution in [0.1, 0.15) is 44.1 Å². The van der Waals surface area contributed by atoms with Crippen LogP contribution in [0.4, 0.5) is 0 Å². The molecule has 0 unspecified atom stereocenters. The topological polar surface area (TPSA) is 62.2 Å². The maximum absolute atomic E-state index is 10.3. The van der Waals surface area contributed by atoms with Crippen LogP contribution >= 0.6 is 0 Å². The highest BCUT2D eigenvalue weighted by Gasteiger charge is 1.98. The van der Waals surface area contributed by atoms with Crippen molar-refractivity contribution in [2.45, 2.75) is 38.5 Å². The van der Waals surface area contributed by atoms with Gasteiger partial charge in [-0.2, -0.15) is 0 Å². The molecular weight excluding hydrogens is 240 g/mol. The normalized spacial score (nSPS) is 10.1. The minimum atomic E-state index is -0.699. The van der Waals surface area contributed by atoms with Gasteiger partial charge < -0.3 is 10.4 Å². The summed E-state index contributed by atoms with van der Waals surface area (Å²) < 4.78 is 0. The number of carbonyl (C=O) groups is 1. The van der Waals surface area contributed by atoms with E-state index in [4.69, 9.17) is 5.11 Å². The summed E-state index contributed by atoms with van der Waals surface area (Å²) in [7, 11) is 0. The van der Waals surface area contributed by atoms with E-state index < -0.39 is 5.97 Å². The number of aliphatic carboxylic acids is 1. The van der Waals surface area contributed by atoms with E-state index in [1.165, 1.54) is 0 Å². The van der Waals surface area contributed by atoms with Crippen LogP contribution in [-0.2, 0) is 4.79 Å². The summed E-state index contributed by atoms with van der Waals surface area (Å²) in [5.41, 5.74) is 1.99. The molecule has 4 heteroatoms. The first kappa shape index (κ1) is 15.2. The van der Waals surface area contributed by atoms with Gasteiger partial charge in [-0.3, -0.25) is 9.78 Å². The standard InChI is InChI=1S/C15H22N2O2/c1-13(14-8-11-16-12-9-14)17-10-6-4-2-3-5-7-15(18)19/h8-9,11-12,17H,1-7,10H2,(H,18,19). The van der Waals surface area contributed by atoms with Gasteiger partial charge in [0.15, 0.2) is 0 Å². The number of nitrogens with one attached hydrogen (secondary N) is 1. The molecule has 0 aromatic carbocycles. The number of unbranched alkanes of at least 4 members (excludes halogenated alkanes) is 4. The SMILES string of the molecule is C=C(NCCCCCCCC(=O)O)c1ccncc1. The molecule has 0 saturated carbocycles. The van der Waals surface area contributed by atoms with Crippen LogP contribution in [0.15, 0.2) is 31.1 Å². The third kappa shape index (κ3) is 7.24. The molecule has 1 aromatic rings. The average molecular weight is 262 g/mol. The molecular formula is C15H22N2O2. The van der Waals surface area contributed by atoms with Crippen LogP contribution in [0, 0.1) is 0 Å². The molecule has 0 radical (unpaired) electrons. The van der Waals surface area contributed by atoms with Crippen molar-refractivity contribution >= 4 is 11.7 Å². The van der Waals surface area contributed by atoms with Gasteiger partial charge in [-0.05, 0) is 25.0 Å². The molecule has 0 atom stereocenters. The summed E-state index contributed by atoms with van der Waals surface area (Å²) in [4.78, 5) is 14.3. The van der Waals surface area contributed by atoms with Gasteiger partial charge in [0.2, 0.25) is 0 Å². The van der Waals surface area contributed by atoms with Gasteiger partial charge in [0.05, 0.1) is 0 Å². The van der Waals surface area contributed by atoms with Crippen molar-refractivity contribution in [3.05, 3.63) is 36.7 Å². The Labute approximate surface area is 114 Å². The maximum atomic E-state index is 10.3. The Morgan fingerprint density at radius 3 is 2.47 bits per heavy atom. The zero-order chi connectivity index (χ0) is 13.9. The summed E-state index contributed by atoms with van der Waals surface area (Å²) in [5, 5.41) is 11.8. The Morgan fingerprint density at radius 1 is 1.16 bits per heavy atom. The van der Waals surface area contributed by atoms with Gasteiger partial charge >= 0.3 is 5.97 Å². The molecule has 1 rings (SSSR count). The largest absolute Gasteiger partial charge is 0.481 e. The van der Waals surface area contributed by atoms with Crippen LogP contribution in [0.3, 0.4) is 0 Å². The molecule has 104 valence electrons. The molecule has 0 bridgehead atoms. The van der Waals surface area contributed by atoms with Crippen LogP contribution in [-0.4, -0.2) is 22.6 Å². The second-order valence-corrected chi connectivity index (χ2v) is 4.55. The highest BCUT2D eigenvalue weighted by atomic mass is 16.4. The van der Waals surface area contributed by atoms with Gasteiger partial charge in [-0.15, -0.1) is 0 Å². The van der Waals surface area contributed by atoms with Gasteiger partial charge in [0, 0.05) is 36.6 Å². The molecule has 0 spiro atoms. The molecule has 0 fully saturated rings. The van der Waals surface area contributed by atoms with Crippen molar-refractivity contribution in [1.29, 1.82) is 0 Å². The number of carboxylic acid groups (broad SMARTS) is 1. The predicted octanol–water partition coefficient (Wildman–Crippen LogP) is 3.07. The Morgan fingerprint density at radius 2 is 1.79 bits per heavy atom. The van der Waals surface area contributed by atoms with E-state index >= 15 is 0 Å². The van der Waals surface area contributed by atoms with Gasteiger partial charge in [0.1, 0.15) is 0 Å². The maximum Gasteiger partial charge on any atom is 0.303 e. The quantitative estimate of drug-likeness (QED) is 0.636. The first-order chi connectivity index (χ1) is 9.20. The summed E-state index contributed by atoms with van der Waals surface area (Å²) >= 11 is 0. The van der Waals surface area contributed by atoms with E-state index in [1.54, 1.807) is 12.4 Å². The summed E-state index contributed by atoms with van der Waals surface area (Å²) in [6, 6.07) is 3.86. The number of hydrogen-bond donors (Lipinski definition) is 2. The summed E-state index contributed by atoms with van der Waals surface area (Å²) in [5.74, 6) is -0.699. The zero-order valence-corrected chi connectivity index (χ0v) is 11.3. The van der Waals surface area contributed by atoms with E-state index in [0.29, 0.717) is 0 Å². The third-order valence-corrected chi connectivity index (χ3v) is 2.93. The van der Waals surface area contributed by atoms with Crippen molar-refractivity contribution in [2.75, 3.05) is 6.54 Å². The Bertz CT molecular complexity index is 390. The molecule has 0 aliphatic rings. The first-order valence-corrected chi connectivity index (χ1v) is 6.75. The summed E-state index contributed by atoms with van der Waals surface area (Å²) in [6.45, 7) is 4.89. The van der Waals surface area contributed by atoms with Crippen molar-refractivity contribution in [1.82, 2.24) is 10.3 Å². The Kier molecular flexibility index (Phi) is 7.32. The van der Waals surface area contributed by atoms with Crippen molar-refractivity contribution in [2.24, 2.45) is 0 Å². The number of aromatic nitrogens is 1. The van der Waals surface area contributed by atoms with Crippen LogP contribution in [0.5, 0.6) is 0 Å². The molecule has 19 heavy (non-hydrogen) atoms. The van der Waals surface area contributed by atoms with Crippen LogP contribution in [0.2, 0.25) is 0 Å². The molecule has 0 aliphatic heterocycles. The van der Waals surface area contributed by atoms with Crippen molar-refractivity contribution in [3.63, 3.8) is 0 Å². The molecule has 2 N–H and O–H groups in total. The lowest BCUT2D eigenvalue weighted by Gasteiger charge is -2.09. The minimum Gasteiger partial charge on any atom is -0.481 e. The van der Waals surface area contributed by atoms with Crippen molar-refractivity contribution < 1.29 is 9.90 Å². The van der Waals surface area contributed by atoms with Crippen LogP contribution in [0.25, 0.3) is 5.70 Å². The molecule has 1 aromatic heterocycles. The lowest BCUT2D eigenvalue weighted by atomic mass is 10.1. The third-order valence-electron chi connectivity index (χ3n) is 2.93. The zero-order valence-electron chi connectivity index (χ0n) is 11.3. The number of carboxylic acids is 1. The Balaban J connectivity index is 1.99. The first-order valence-electron chi connectivity index (χ1n) is 6.75. The lowest BCUT2D eigenvalue weighted by molar-refractivity contribution is -0.137. The molecule has 4 nitrogen and oxygen atoms in total. The van der Waals surface area contributed by atoms with Crippen LogP contribution < -0.4 is 5.32 Å². The monoisotopic (exact) mass is 262 g/mol. The molecule has 0 amide bonds. The molecule has 0 aliphatic carbocycles. The molecule has 0 saturated heterocycles. The van der Waals surface area contributed by atoms with E-state index in [9.17, 15) is 4.79 Å². The highest BCUT2D eigenvalue weighted by Crippen LogP contribution is 2.08. The van der Waals surface area contributed by atoms with Crippen molar-refractivity contribution in [3.8, 4) is 0 Å². The lowest BCUT2D eigenvalue weighted by Crippen LogP contribution is -2.12. The second kappa shape index (κ2) is 9.14. The van der Waals surface area contributed by atoms with E-state index in [0.717, 1.165) is 49.9 Å². The van der Waals surface area contributed by atoms with E-state index in [2.05, 4.69) is 16.9 Å². The second-order valence-electron chi connectivity index (χ2n) is 4.55. The fourth-order valence-corrected chi connectivity index (χ4v) is 1.83. The van der Waals surface area contributed by atoms with Gasteiger partial charge in [0.25, 0.3) is 0 Å². The number of pyridine rings is 1. The smallest absolute Gasteiger partial charge is 0.303 e. The van der Waals surface area contributed by atoms with Gasteiger partial charge in [-0.25, -0.2) is 0 Å². The fraction of sp³-hybridized carbons (Fsp3) is 0.467.